The largest absolute Gasteiger partial charge is 0.342 e. The van der Waals surface area contributed by atoms with E-state index in [0.717, 1.165) is 12.0 Å². The number of hydrogen-bond donors (Lipinski definition) is 0. The van der Waals surface area contributed by atoms with E-state index in [4.69, 9.17) is 4.89 Å². The van der Waals surface area contributed by atoms with Crippen molar-refractivity contribution < 1.29 is 14.6 Å². The van der Waals surface area contributed by atoms with E-state index in [-0.39, 0.29) is 5.97 Å². The van der Waals surface area contributed by atoms with Gasteiger partial charge in [-0.05, 0) is 12.0 Å². The molecule has 0 aliphatic carbocycles. The lowest BCUT2D eigenvalue weighted by molar-refractivity contribution is -0.280. The van der Waals surface area contributed by atoms with Gasteiger partial charge in [-0.3, -0.25) is 4.89 Å². The zero-order chi connectivity index (χ0) is 10.2. The SMILES string of the molecule is CCCC(=O)OOC[13c]1cccc[13cH]1. The predicted molar refractivity (Wildman–Crippen MR) is 52.2 cm³/mol. The topological polar surface area (TPSA) is 35.5 Å². The highest BCUT2D eigenvalue weighted by Gasteiger charge is 2.01. The fraction of sp³-hybridized carbons (Fsp3) is 0.364. The van der Waals surface area contributed by atoms with Gasteiger partial charge in [0.1, 0.15) is 6.61 Å². The highest BCUT2D eigenvalue weighted by molar-refractivity contribution is 5.68. The zero-order valence-corrected chi connectivity index (χ0v) is 8.23. The molecule has 0 radical (unpaired) electrons. The normalized spacial score (nSPS) is 9.79. The van der Waals surface area contributed by atoms with Crippen molar-refractivity contribution in [3.63, 3.8) is 0 Å². The summed E-state index contributed by atoms with van der Waals surface area (Å²) < 4.78 is 0. The first-order chi connectivity index (χ1) is 6.83. The molecule has 0 bridgehead atoms. The molecule has 0 aromatic heterocycles. The molecule has 14 heavy (non-hydrogen) atoms. The first kappa shape index (κ1) is 10.7. The summed E-state index contributed by atoms with van der Waals surface area (Å²) in [7, 11) is 0. The van der Waals surface area contributed by atoms with Crippen LogP contribution >= 0.6 is 0 Å². The molecule has 0 fully saturated rings. The van der Waals surface area contributed by atoms with Crippen molar-refractivity contribution in [3.05, 3.63) is 35.9 Å². The standard InChI is InChI=1S/C11H14O3/c1-2-6-11(12)14-13-9-10-7-4-3-5-8-10/h3-5,7-8H,2,6,9H2,1H3/i7+1,10+1. The van der Waals surface area contributed by atoms with Crippen LogP contribution in [0.2, 0.25) is 0 Å². The lowest BCUT2D eigenvalue weighted by Gasteiger charge is -2.02. The monoisotopic (exact) mass is 196 g/mol. The van der Waals surface area contributed by atoms with E-state index in [2.05, 4.69) is 4.89 Å². The molecule has 0 aliphatic heterocycles. The van der Waals surface area contributed by atoms with Crippen LogP contribution in [-0.2, 0) is 21.2 Å². The van der Waals surface area contributed by atoms with Crippen LogP contribution in [-0.4, -0.2) is 5.97 Å². The molecule has 3 heteroatoms. The van der Waals surface area contributed by atoms with Gasteiger partial charge in [0.2, 0.25) is 0 Å². The number of rotatable bonds is 5. The fourth-order valence-corrected chi connectivity index (χ4v) is 0.983. The Morgan fingerprint density at radius 3 is 2.64 bits per heavy atom. The zero-order valence-electron chi connectivity index (χ0n) is 8.23. The fourth-order valence-electron chi connectivity index (χ4n) is 0.983. The molecule has 0 saturated carbocycles. The Morgan fingerprint density at radius 2 is 2.00 bits per heavy atom. The van der Waals surface area contributed by atoms with Crippen LogP contribution in [0.4, 0.5) is 0 Å². The molecular formula is C11H14O3. The molecule has 0 unspecified atom stereocenters. The van der Waals surface area contributed by atoms with Gasteiger partial charge in [-0.1, -0.05) is 37.3 Å². The molecule has 0 N–H and O–H groups in total. The summed E-state index contributed by atoms with van der Waals surface area (Å²) >= 11 is 0. The number of carbonyl (C=O) groups is 1. The molecule has 76 valence electrons. The van der Waals surface area contributed by atoms with Gasteiger partial charge < -0.3 is 0 Å². The molecule has 1 aromatic rings. The van der Waals surface area contributed by atoms with Gasteiger partial charge in [-0.15, -0.1) is 0 Å². The van der Waals surface area contributed by atoms with Crippen molar-refractivity contribution in [2.45, 2.75) is 26.4 Å². The number of carbonyl (C=O) groups excluding carboxylic acids is 1. The second-order valence-electron chi connectivity index (χ2n) is 2.95. The van der Waals surface area contributed by atoms with E-state index in [1.165, 1.54) is 0 Å². The van der Waals surface area contributed by atoms with E-state index in [1.807, 2.05) is 37.3 Å². The van der Waals surface area contributed by atoms with Crippen molar-refractivity contribution >= 4 is 5.97 Å². The quantitative estimate of drug-likeness (QED) is 0.536. The molecule has 0 spiro atoms. The average Bonchev–Trinajstić information content (AvgIpc) is 2.20. The Labute approximate surface area is 83.6 Å². The highest BCUT2D eigenvalue weighted by atomic mass is 17.2. The summed E-state index contributed by atoms with van der Waals surface area (Å²) in [6.45, 7) is 2.22. The van der Waals surface area contributed by atoms with Crippen LogP contribution in [0.1, 0.15) is 25.3 Å². The minimum Gasteiger partial charge on any atom is -0.298 e. The van der Waals surface area contributed by atoms with Gasteiger partial charge in [-0.2, -0.15) is 4.89 Å². The summed E-state index contributed by atoms with van der Waals surface area (Å²) in [6, 6.07) is 9.56. The molecule has 0 heterocycles. The van der Waals surface area contributed by atoms with Crippen LogP contribution in [0.25, 0.3) is 0 Å². The third kappa shape index (κ3) is 4.05. The van der Waals surface area contributed by atoms with Crippen LogP contribution < -0.4 is 0 Å². The van der Waals surface area contributed by atoms with Crippen LogP contribution in [0, 0.1) is 0 Å². The summed E-state index contributed by atoms with van der Waals surface area (Å²) in [6.07, 6.45) is 1.17. The van der Waals surface area contributed by atoms with Crippen LogP contribution in [0.5, 0.6) is 0 Å². The Hall–Kier alpha value is -1.35. The molecule has 1 rings (SSSR count). The van der Waals surface area contributed by atoms with Gasteiger partial charge >= 0.3 is 5.97 Å². The van der Waals surface area contributed by atoms with Gasteiger partial charge in [0, 0.05) is 6.42 Å². The number of benzene rings is 1. The van der Waals surface area contributed by atoms with Crippen molar-refractivity contribution in [2.24, 2.45) is 0 Å². The minimum atomic E-state index is -0.316. The molecule has 0 amide bonds. The summed E-state index contributed by atoms with van der Waals surface area (Å²) in [5.74, 6) is -0.316. The van der Waals surface area contributed by atoms with E-state index < -0.39 is 0 Å². The van der Waals surface area contributed by atoms with Gasteiger partial charge in [-0.25, -0.2) is 4.79 Å². The third-order valence-electron chi connectivity index (χ3n) is 1.67. The molecule has 0 atom stereocenters. The van der Waals surface area contributed by atoms with Crippen molar-refractivity contribution in [3.8, 4) is 0 Å². The van der Waals surface area contributed by atoms with Crippen molar-refractivity contribution in [1.82, 2.24) is 0 Å². The molecule has 0 aliphatic rings. The highest BCUT2D eigenvalue weighted by Crippen LogP contribution is 2.01. The van der Waals surface area contributed by atoms with Crippen molar-refractivity contribution in [2.75, 3.05) is 0 Å². The lowest BCUT2D eigenvalue weighted by Crippen LogP contribution is -2.04. The summed E-state index contributed by atoms with van der Waals surface area (Å²) in [5, 5.41) is 0. The Balaban J connectivity index is 2.19. The Kier molecular flexibility index (Phi) is 4.72. The minimum absolute atomic E-state index is 0.302. The summed E-state index contributed by atoms with van der Waals surface area (Å²) in [5.41, 5.74) is 0.983. The molecular weight excluding hydrogens is 182 g/mol. The molecule has 0 saturated heterocycles. The summed E-state index contributed by atoms with van der Waals surface area (Å²) in [4.78, 5) is 20.2. The average molecular weight is 196 g/mol. The molecule has 3 nitrogen and oxygen atoms in total. The Morgan fingerprint density at radius 1 is 1.29 bits per heavy atom. The van der Waals surface area contributed by atoms with Gasteiger partial charge in [0.15, 0.2) is 0 Å². The van der Waals surface area contributed by atoms with Crippen molar-refractivity contribution in [1.29, 1.82) is 0 Å². The van der Waals surface area contributed by atoms with Gasteiger partial charge in [0.05, 0.1) is 0 Å². The van der Waals surface area contributed by atoms with E-state index in [9.17, 15) is 4.79 Å². The maximum absolute atomic E-state index is 10.9. The first-order valence-corrected chi connectivity index (χ1v) is 4.69. The van der Waals surface area contributed by atoms with Crippen LogP contribution in [0.3, 0.4) is 0 Å². The van der Waals surface area contributed by atoms with E-state index in [0.29, 0.717) is 13.0 Å². The smallest absolute Gasteiger partial charge is 0.298 e. The number of hydrogen-bond acceptors (Lipinski definition) is 3. The van der Waals surface area contributed by atoms with E-state index >= 15 is 0 Å². The lowest BCUT2D eigenvalue weighted by atomic mass is 10.3. The molecule has 1 aromatic carbocycles. The first-order valence-electron chi connectivity index (χ1n) is 4.69. The second-order valence-corrected chi connectivity index (χ2v) is 2.95. The maximum Gasteiger partial charge on any atom is 0.342 e. The second kappa shape index (κ2) is 6.16. The Bertz CT molecular complexity index is 269. The maximum atomic E-state index is 10.9. The van der Waals surface area contributed by atoms with E-state index in [1.54, 1.807) is 0 Å². The predicted octanol–water partition coefficient (Wildman–Crippen LogP) is 2.46. The third-order valence-corrected chi connectivity index (χ3v) is 1.67. The van der Waals surface area contributed by atoms with Crippen LogP contribution in [0.15, 0.2) is 30.3 Å². The van der Waals surface area contributed by atoms with Gasteiger partial charge in [0.25, 0.3) is 0 Å².